The first-order chi connectivity index (χ1) is 17.0. The van der Waals surface area contributed by atoms with Crippen LogP contribution < -0.4 is 14.8 Å². The fraction of sp³-hybridized carbons (Fsp3) is 0.304. The molecule has 13 heteroatoms. The number of nitrogens with one attached hydrogen (secondary N) is 1. The second kappa shape index (κ2) is 10.1. The third-order valence-electron chi connectivity index (χ3n) is 5.40. The van der Waals surface area contributed by atoms with E-state index < -0.39 is 30.0 Å². The van der Waals surface area contributed by atoms with Crippen molar-refractivity contribution in [3.8, 4) is 11.5 Å². The van der Waals surface area contributed by atoms with Crippen LogP contribution >= 0.6 is 11.6 Å². The summed E-state index contributed by atoms with van der Waals surface area (Å²) in [5.74, 6) is -2.54. The van der Waals surface area contributed by atoms with Crippen molar-refractivity contribution in [3.05, 3.63) is 47.5 Å². The maximum absolute atomic E-state index is 13.5. The molecule has 36 heavy (non-hydrogen) atoms. The lowest BCUT2D eigenvalue weighted by molar-refractivity contribution is -0.187. The van der Waals surface area contributed by atoms with E-state index in [4.69, 9.17) is 21.1 Å². The Morgan fingerprint density at radius 3 is 2.47 bits per heavy atom. The Balaban J connectivity index is 1.61. The van der Waals surface area contributed by atoms with Crippen molar-refractivity contribution in [1.82, 2.24) is 14.9 Å². The standard InChI is InChI=1S/C23H19ClF4N4O4/c1-12(33)35-20-10-18-15(21(30-11-29-18)31-13-2-3-17(25)16(24)8-13)9-19(20)36-14-4-6-32(7-5-14)22(34)23(26,27)28/h2-3,8-11,14H,4-7H2,1H3,(H,29,30,31). The zero-order valence-electron chi connectivity index (χ0n) is 18.7. The average molecular weight is 527 g/mol. The van der Waals surface area contributed by atoms with Crippen LogP contribution in [0.1, 0.15) is 19.8 Å². The van der Waals surface area contributed by atoms with Crippen LogP contribution in [0.4, 0.5) is 29.1 Å². The first-order valence-electron chi connectivity index (χ1n) is 10.7. The molecule has 2 aromatic carbocycles. The van der Waals surface area contributed by atoms with Crippen LogP contribution in [-0.2, 0) is 9.59 Å². The van der Waals surface area contributed by atoms with Gasteiger partial charge in [0.05, 0.1) is 10.5 Å². The molecule has 8 nitrogen and oxygen atoms in total. The number of esters is 1. The highest BCUT2D eigenvalue weighted by molar-refractivity contribution is 6.31. The monoisotopic (exact) mass is 526 g/mol. The Morgan fingerprint density at radius 1 is 1.11 bits per heavy atom. The molecule has 1 N–H and O–H groups in total. The molecule has 1 saturated heterocycles. The fourth-order valence-corrected chi connectivity index (χ4v) is 3.92. The largest absolute Gasteiger partial charge is 0.486 e. The van der Waals surface area contributed by atoms with E-state index in [1.54, 1.807) is 0 Å². The summed E-state index contributed by atoms with van der Waals surface area (Å²) in [6.07, 6.45) is -3.91. The van der Waals surface area contributed by atoms with Crippen LogP contribution in [0.25, 0.3) is 10.9 Å². The van der Waals surface area contributed by atoms with Gasteiger partial charge < -0.3 is 19.7 Å². The van der Waals surface area contributed by atoms with Crippen LogP contribution in [0.5, 0.6) is 11.5 Å². The average Bonchev–Trinajstić information content (AvgIpc) is 2.81. The summed E-state index contributed by atoms with van der Waals surface area (Å²) in [6.45, 7) is 0.932. The van der Waals surface area contributed by atoms with Crippen molar-refractivity contribution in [2.75, 3.05) is 18.4 Å². The van der Waals surface area contributed by atoms with Gasteiger partial charge in [0.2, 0.25) is 0 Å². The molecule has 0 aliphatic carbocycles. The van der Waals surface area contributed by atoms with Gasteiger partial charge in [0.15, 0.2) is 11.5 Å². The molecule has 0 bridgehead atoms. The molecule has 1 aliphatic rings. The van der Waals surface area contributed by atoms with E-state index in [1.807, 2.05) is 0 Å². The van der Waals surface area contributed by atoms with Crippen molar-refractivity contribution >= 4 is 45.9 Å². The molecule has 1 aliphatic heterocycles. The van der Waals surface area contributed by atoms with Gasteiger partial charge in [-0.25, -0.2) is 14.4 Å². The normalized spacial score (nSPS) is 14.6. The van der Waals surface area contributed by atoms with Crippen LogP contribution in [0, 0.1) is 5.82 Å². The summed E-state index contributed by atoms with van der Waals surface area (Å²) in [5.41, 5.74) is 0.851. The number of halogens is 5. The number of anilines is 2. The van der Waals surface area contributed by atoms with Gasteiger partial charge in [-0.3, -0.25) is 9.59 Å². The predicted molar refractivity (Wildman–Crippen MR) is 122 cm³/mol. The van der Waals surface area contributed by atoms with Gasteiger partial charge in [0, 0.05) is 50.0 Å². The highest BCUT2D eigenvalue weighted by Gasteiger charge is 2.43. The topological polar surface area (TPSA) is 93.7 Å². The fourth-order valence-electron chi connectivity index (χ4n) is 3.74. The molecule has 1 amide bonds. The van der Waals surface area contributed by atoms with E-state index in [0.717, 1.165) is 4.90 Å². The minimum Gasteiger partial charge on any atom is -0.486 e. The Hall–Kier alpha value is -3.67. The summed E-state index contributed by atoms with van der Waals surface area (Å²) < 4.78 is 63.0. The second-order valence-electron chi connectivity index (χ2n) is 7.99. The van der Waals surface area contributed by atoms with E-state index in [0.29, 0.717) is 22.4 Å². The number of benzene rings is 2. The summed E-state index contributed by atoms with van der Waals surface area (Å²) in [6, 6.07) is 7.05. The molecule has 0 saturated carbocycles. The maximum Gasteiger partial charge on any atom is 0.471 e. The Kier molecular flexibility index (Phi) is 7.16. The number of hydrogen-bond acceptors (Lipinski definition) is 7. The molecular formula is C23H19ClF4N4O4. The summed E-state index contributed by atoms with van der Waals surface area (Å²) >= 11 is 5.85. The Morgan fingerprint density at radius 2 is 1.83 bits per heavy atom. The maximum atomic E-state index is 13.5. The smallest absolute Gasteiger partial charge is 0.471 e. The van der Waals surface area contributed by atoms with Crippen molar-refractivity contribution in [3.63, 3.8) is 0 Å². The first-order valence-corrected chi connectivity index (χ1v) is 11.1. The van der Waals surface area contributed by atoms with E-state index >= 15 is 0 Å². The second-order valence-corrected chi connectivity index (χ2v) is 8.40. The third-order valence-corrected chi connectivity index (χ3v) is 5.69. The quantitative estimate of drug-likeness (QED) is 0.283. The number of alkyl halides is 3. The molecule has 3 aromatic rings. The van der Waals surface area contributed by atoms with Gasteiger partial charge >= 0.3 is 18.1 Å². The lowest BCUT2D eigenvalue weighted by atomic mass is 10.1. The van der Waals surface area contributed by atoms with Crippen molar-refractivity contribution in [2.45, 2.75) is 32.0 Å². The number of hydrogen-bond donors (Lipinski definition) is 1. The first kappa shape index (κ1) is 25.4. The summed E-state index contributed by atoms with van der Waals surface area (Å²) in [7, 11) is 0. The molecule has 0 radical (unpaired) electrons. The molecule has 1 fully saturated rings. The number of rotatable bonds is 5. The number of fused-ring (bicyclic) bond motifs is 1. The number of piperidine rings is 1. The molecule has 0 atom stereocenters. The molecule has 0 unspecified atom stereocenters. The molecule has 4 rings (SSSR count). The van der Waals surface area contributed by atoms with E-state index in [1.165, 1.54) is 43.6 Å². The third kappa shape index (κ3) is 5.76. The van der Waals surface area contributed by atoms with E-state index in [9.17, 15) is 27.2 Å². The lowest BCUT2D eigenvalue weighted by Crippen LogP contribution is -2.47. The van der Waals surface area contributed by atoms with Crippen molar-refractivity contribution in [1.29, 1.82) is 0 Å². The molecular weight excluding hydrogens is 508 g/mol. The molecule has 2 heterocycles. The SMILES string of the molecule is CC(=O)Oc1cc2ncnc(Nc3ccc(F)c(Cl)c3)c2cc1OC1CCN(C(=O)C(F)(F)F)CC1. The van der Waals surface area contributed by atoms with Gasteiger partial charge in [0.25, 0.3) is 0 Å². The van der Waals surface area contributed by atoms with Gasteiger partial charge in [0.1, 0.15) is 24.1 Å². The minimum absolute atomic E-state index is 0.0678. The number of carbonyl (C=O) groups excluding carboxylic acids is 2. The number of aromatic nitrogens is 2. The van der Waals surface area contributed by atoms with Crippen molar-refractivity contribution < 1.29 is 36.6 Å². The van der Waals surface area contributed by atoms with Crippen LogP contribution in [0.15, 0.2) is 36.7 Å². The predicted octanol–water partition coefficient (Wildman–Crippen LogP) is 5.02. The molecule has 190 valence electrons. The van der Waals surface area contributed by atoms with E-state index in [-0.39, 0.29) is 42.5 Å². The van der Waals surface area contributed by atoms with Gasteiger partial charge in [-0.15, -0.1) is 0 Å². The number of amides is 1. The minimum atomic E-state index is -4.94. The molecule has 1 aromatic heterocycles. The number of carbonyl (C=O) groups is 2. The zero-order chi connectivity index (χ0) is 26.0. The lowest BCUT2D eigenvalue weighted by Gasteiger charge is -2.32. The number of ether oxygens (including phenoxy) is 2. The summed E-state index contributed by atoms with van der Waals surface area (Å²) in [4.78, 5) is 32.3. The van der Waals surface area contributed by atoms with Crippen molar-refractivity contribution in [2.24, 2.45) is 0 Å². The Bertz CT molecular complexity index is 1310. The van der Waals surface area contributed by atoms with Gasteiger partial charge in [-0.2, -0.15) is 13.2 Å². The Labute approximate surface area is 207 Å². The molecule has 0 spiro atoms. The highest BCUT2D eigenvalue weighted by Crippen LogP contribution is 2.37. The zero-order valence-corrected chi connectivity index (χ0v) is 19.5. The van der Waals surface area contributed by atoms with Gasteiger partial charge in [-0.05, 0) is 24.3 Å². The number of nitrogens with zero attached hydrogens (tertiary/aromatic N) is 3. The van der Waals surface area contributed by atoms with Crippen LogP contribution in [0.3, 0.4) is 0 Å². The number of likely N-dealkylation sites (tertiary alicyclic amines) is 1. The highest BCUT2D eigenvalue weighted by atomic mass is 35.5. The van der Waals surface area contributed by atoms with E-state index in [2.05, 4.69) is 15.3 Å². The van der Waals surface area contributed by atoms with Crippen LogP contribution in [0.2, 0.25) is 5.02 Å². The van der Waals surface area contributed by atoms with Gasteiger partial charge in [-0.1, -0.05) is 11.6 Å². The summed E-state index contributed by atoms with van der Waals surface area (Å²) in [5, 5.41) is 3.40. The van der Waals surface area contributed by atoms with Crippen LogP contribution in [-0.4, -0.2) is 52.1 Å².